The molecule has 1 N–H and O–H groups in total. The predicted molar refractivity (Wildman–Crippen MR) is 81.3 cm³/mol. The Kier molecular flexibility index (Phi) is 3.68. The molecule has 1 atom stereocenters. The first-order valence-corrected chi connectivity index (χ1v) is 7.75. The number of hydrogen-bond acceptors (Lipinski definition) is 2. The van der Waals surface area contributed by atoms with E-state index < -0.39 is 0 Å². The normalized spacial score (nSPS) is 29.6. The maximum absolute atomic E-state index is 6.42. The lowest BCUT2D eigenvalue weighted by Crippen LogP contribution is -2.31. The van der Waals surface area contributed by atoms with E-state index in [1.54, 1.807) is 0 Å². The average molecular weight is 272 g/mol. The molecule has 0 spiro atoms. The van der Waals surface area contributed by atoms with Crippen molar-refractivity contribution in [3.63, 3.8) is 0 Å². The predicted octanol–water partition coefficient (Wildman–Crippen LogP) is 2.41. The van der Waals surface area contributed by atoms with Crippen LogP contribution < -0.4 is 10.6 Å². The SMILES string of the molecule is Cc1n[nH]c2c1=C(OC1CCC(C)CC1)C(C)C=CC=2. The smallest absolute Gasteiger partial charge is 0.114 e. The Hall–Kier alpha value is -1.51. The first-order chi connectivity index (χ1) is 9.65. The van der Waals surface area contributed by atoms with Crippen LogP contribution in [0.5, 0.6) is 0 Å². The lowest BCUT2D eigenvalue weighted by atomic mass is 9.89. The molecule has 3 nitrogen and oxygen atoms in total. The van der Waals surface area contributed by atoms with Crippen molar-refractivity contribution in [1.82, 2.24) is 10.2 Å². The molecule has 0 bridgehead atoms. The zero-order valence-electron chi connectivity index (χ0n) is 12.6. The Labute approximate surface area is 120 Å². The third-order valence-electron chi connectivity index (χ3n) is 4.55. The van der Waals surface area contributed by atoms with Crippen molar-refractivity contribution in [3.05, 3.63) is 28.4 Å². The van der Waals surface area contributed by atoms with Crippen LogP contribution in [0.3, 0.4) is 0 Å². The maximum atomic E-state index is 6.42. The monoisotopic (exact) mass is 272 g/mol. The number of fused-ring (bicyclic) bond motifs is 1. The maximum Gasteiger partial charge on any atom is 0.114 e. The van der Waals surface area contributed by atoms with Crippen LogP contribution in [0.2, 0.25) is 0 Å². The molecule has 1 aromatic heterocycles. The molecule has 0 saturated heterocycles. The lowest BCUT2D eigenvalue weighted by Gasteiger charge is -2.29. The molecule has 2 aliphatic rings. The fraction of sp³-hybridized carbons (Fsp3) is 0.588. The van der Waals surface area contributed by atoms with Crippen LogP contribution in [0.15, 0.2) is 12.2 Å². The quantitative estimate of drug-likeness (QED) is 0.898. The molecule has 0 radical (unpaired) electrons. The van der Waals surface area contributed by atoms with Crippen molar-refractivity contribution in [1.29, 1.82) is 0 Å². The Morgan fingerprint density at radius 1 is 1.20 bits per heavy atom. The largest absolute Gasteiger partial charge is 0.493 e. The second-order valence-corrected chi connectivity index (χ2v) is 6.30. The summed E-state index contributed by atoms with van der Waals surface area (Å²) in [6, 6.07) is 0. The van der Waals surface area contributed by atoms with Crippen molar-refractivity contribution < 1.29 is 4.74 Å². The number of rotatable bonds is 2. The highest BCUT2D eigenvalue weighted by Crippen LogP contribution is 2.29. The molecule has 1 saturated carbocycles. The molecule has 1 aromatic rings. The van der Waals surface area contributed by atoms with Gasteiger partial charge in [-0.1, -0.05) is 26.0 Å². The number of nitrogens with one attached hydrogen (secondary N) is 1. The van der Waals surface area contributed by atoms with Gasteiger partial charge in [-0.15, -0.1) is 0 Å². The number of aromatic nitrogens is 2. The molecule has 1 fully saturated rings. The van der Waals surface area contributed by atoms with Crippen LogP contribution >= 0.6 is 0 Å². The van der Waals surface area contributed by atoms with E-state index in [1.165, 1.54) is 30.9 Å². The fourth-order valence-electron chi connectivity index (χ4n) is 3.21. The van der Waals surface area contributed by atoms with E-state index in [0.29, 0.717) is 12.0 Å². The Bertz CT molecular complexity index is 618. The molecule has 20 heavy (non-hydrogen) atoms. The van der Waals surface area contributed by atoms with Crippen LogP contribution in [-0.4, -0.2) is 16.3 Å². The van der Waals surface area contributed by atoms with E-state index in [1.807, 2.05) is 6.92 Å². The first-order valence-electron chi connectivity index (χ1n) is 7.75. The summed E-state index contributed by atoms with van der Waals surface area (Å²) >= 11 is 0. The van der Waals surface area contributed by atoms with Crippen LogP contribution in [0.4, 0.5) is 0 Å². The van der Waals surface area contributed by atoms with Crippen molar-refractivity contribution in [2.45, 2.75) is 52.6 Å². The molecule has 108 valence electrons. The third-order valence-corrected chi connectivity index (χ3v) is 4.55. The van der Waals surface area contributed by atoms with Gasteiger partial charge in [0.2, 0.25) is 0 Å². The topological polar surface area (TPSA) is 37.9 Å². The van der Waals surface area contributed by atoms with Gasteiger partial charge in [0.25, 0.3) is 0 Å². The lowest BCUT2D eigenvalue weighted by molar-refractivity contribution is 0.0972. The van der Waals surface area contributed by atoms with Gasteiger partial charge in [0.05, 0.1) is 22.4 Å². The van der Waals surface area contributed by atoms with Crippen molar-refractivity contribution >= 4 is 11.8 Å². The van der Waals surface area contributed by atoms with Gasteiger partial charge in [0.15, 0.2) is 0 Å². The standard InChI is InChI=1S/C17H24N2O/c1-11-7-9-14(10-8-11)20-17-12(2)5-4-6-15-16(17)13(3)18-19-15/h4-6,11-12,14,19H,7-10H2,1-3H3. The van der Waals surface area contributed by atoms with Crippen molar-refractivity contribution in [3.8, 4) is 0 Å². The van der Waals surface area contributed by atoms with E-state index >= 15 is 0 Å². The molecule has 0 amide bonds. The minimum Gasteiger partial charge on any atom is -0.493 e. The summed E-state index contributed by atoms with van der Waals surface area (Å²) in [5.41, 5.74) is 1.03. The highest BCUT2D eigenvalue weighted by molar-refractivity contribution is 5.51. The number of allylic oxidation sites excluding steroid dienone is 1. The summed E-state index contributed by atoms with van der Waals surface area (Å²) in [6.07, 6.45) is 11.7. The van der Waals surface area contributed by atoms with E-state index in [9.17, 15) is 0 Å². The van der Waals surface area contributed by atoms with Gasteiger partial charge >= 0.3 is 0 Å². The zero-order chi connectivity index (χ0) is 14.1. The number of aromatic amines is 1. The van der Waals surface area contributed by atoms with Gasteiger partial charge in [-0.05, 0) is 44.6 Å². The number of hydrogen-bond donors (Lipinski definition) is 1. The zero-order valence-corrected chi connectivity index (χ0v) is 12.6. The summed E-state index contributed by atoms with van der Waals surface area (Å²) in [4.78, 5) is 0. The minimum atomic E-state index is 0.308. The number of aryl methyl sites for hydroxylation is 1. The highest BCUT2D eigenvalue weighted by atomic mass is 16.5. The van der Waals surface area contributed by atoms with Crippen LogP contribution in [0.25, 0.3) is 11.8 Å². The Balaban J connectivity index is 1.95. The van der Waals surface area contributed by atoms with E-state index in [-0.39, 0.29) is 0 Å². The van der Waals surface area contributed by atoms with Crippen molar-refractivity contribution in [2.24, 2.45) is 11.8 Å². The summed E-state index contributed by atoms with van der Waals surface area (Å²) in [5, 5.41) is 9.68. The second-order valence-electron chi connectivity index (χ2n) is 6.30. The van der Waals surface area contributed by atoms with E-state index in [4.69, 9.17) is 4.74 Å². The van der Waals surface area contributed by atoms with Crippen LogP contribution in [-0.2, 0) is 4.74 Å². The summed E-state index contributed by atoms with van der Waals surface area (Å²) < 4.78 is 6.42. The summed E-state index contributed by atoms with van der Waals surface area (Å²) in [6.45, 7) is 6.59. The van der Waals surface area contributed by atoms with Gasteiger partial charge in [-0.25, -0.2) is 0 Å². The van der Waals surface area contributed by atoms with Gasteiger partial charge in [-0.3, -0.25) is 5.10 Å². The first kappa shape index (κ1) is 13.5. The van der Waals surface area contributed by atoms with Crippen molar-refractivity contribution in [2.75, 3.05) is 0 Å². The van der Waals surface area contributed by atoms with Gasteiger partial charge in [0.1, 0.15) is 5.76 Å². The summed E-state index contributed by atoms with van der Waals surface area (Å²) in [5.74, 6) is 2.25. The van der Waals surface area contributed by atoms with Gasteiger partial charge in [-0.2, -0.15) is 5.10 Å². The van der Waals surface area contributed by atoms with E-state index in [0.717, 1.165) is 22.7 Å². The molecule has 0 aromatic carbocycles. The molecule has 3 rings (SSSR count). The molecular formula is C17H24N2O. The average Bonchev–Trinajstić information content (AvgIpc) is 2.71. The second kappa shape index (κ2) is 5.47. The molecular weight excluding hydrogens is 248 g/mol. The summed E-state index contributed by atoms with van der Waals surface area (Å²) in [7, 11) is 0. The van der Waals surface area contributed by atoms with Gasteiger partial charge < -0.3 is 4.74 Å². The molecule has 0 aliphatic heterocycles. The van der Waals surface area contributed by atoms with Gasteiger partial charge in [0, 0.05) is 5.92 Å². The molecule has 1 heterocycles. The highest BCUT2D eigenvalue weighted by Gasteiger charge is 2.23. The molecule has 1 unspecified atom stereocenters. The third kappa shape index (κ3) is 2.54. The molecule has 3 heteroatoms. The van der Waals surface area contributed by atoms with Crippen LogP contribution in [0, 0.1) is 18.8 Å². The molecule has 2 aliphatic carbocycles. The minimum absolute atomic E-state index is 0.308. The Morgan fingerprint density at radius 3 is 2.70 bits per heavy atom. The number of ether oxygens (including phenoxy) is 1. The Morgan fingerprint density at radius 2 is 1.95 bits per heavy atom. The fourth-order valence-corrected chi connectivity index (χ4v) is 3.21. The van der Waals surface area contributed by atoms with Crippen LogP contribution in [0.1, 0.15) is 45.2 Å². The number of nitrogens with zero attached hydrogens (tertiary/aromatic N) is 1. The number of H-pyrrole nitrogens is 1. The van der Waals surface area contributed by atoms with E-state index in [2.05, 4.69) is 42.3 Å².